The number of aliphatic hydroxyl groups is 2. The minimum Gasteiger partial charge on any atom is -0.753 e. The molecule has 0 aliphatic carbocycles. The number of benzene rings is 2. The summed E-state index contributed by atoms with van der Waals surface area (Å²) in [5.74, 6) is -1.14. The number of aliphatic hydroxyl groups excluding tert-OH is 2. The summed E-state index contributed by atoms with van der Waals surface area (Å²) in [6.45, 7) is 3.68. The van der Waals surface area contributed by atoms with Gasteiger partial charge >= 0.3 is 17.1 Å². The zero-order valence-corrected chi connectivity index (χ0v) is 35.8. The molecule has 61 heavy (non-hydrogen) atoms. The van der Waals surface area contributed by atoms with Gasteiger partial charge in [0, 0.05) is 109 Å². The summed E-state index contributed by atoms with van der Waals surface area (Å²) in [5.41, 5.74) is 5.87. The quantitative estimate of drug-likeness (QED) is 0.0508. The largest absolute Gasteiger partial charge is 2.00 e. The average Bonchev–Trinajstić information content (AvgIpc) is 3.27. The number of carbonyl (C=O) groups is 4. The molecule has 314 valence electrons. The Kier molecular flexibility index (Phi) is 28.2. The zero-order chi connectivity index (χ0) is 44.7. The second-order valence-corrected chi connectivity index (χ2v) is 11.5. The standard InChI is InChI=1S/2C19H16N4O2.2CNS.2CH4O.Fe/c2*1-13-10-14(18(24)22-16-2-6-20-7-3-16)12-15(11-13)19(25)23-17-4-8-21-9-5-17;2*2-1-3;2*1-2;/h2*2-12H,1H3,(H,20,22,24)(H,21,23,25);;;2*2H,1H3;/q;;2*-1;;;+2. The monoisotopic (exact) mass is 900 g/mol. The molecule has 6 N–H and O–H groups in total. The van der Waals surface area contributed by atoms with E-state index in [-0.39, 0.29) is 40.7 Å². The van der Waals surface area contributed by atoms with Crippen molar-refractivity contribution in [3.05, 3.63) is 179 Å². The van der Waals surface area contributed by atoms with Crippen molar-refractivity contribution in [2.75, 3.05) is 35.5 Å². The Morgan fingerprint density at radius 1 is 0.443 bits per heavy atom. The fourth-order valence-corrected chi connectivity index (χ4v) is 4.64. The van der Waals surface area contributed by atoms with Gasteiger partial charge in [-0.1, -0.05) is 24.4 Å². The molecule has 6 aromatic rings. The van der Waals surface area contributed by atoms with Gasteiger partial charge in [-0.05, 0) is 110 Å². The van der Waals surface area contributed by atoms with Crippen LogP contribution in [0.4, 0.5) is 22.7 Å². The molecule has 0 atom stereocenters. The minimum atomic E-state index is -0.284. The molecule has 2 aromatic carbocycles. The van der Waals surface area contributed by atoms with Crippen LogP contribution in [-0.2, 0) is 17.1 Å². The molecule has 0 saturated heterocycles. The number of isothiocyanates is 2. The number of carbonyl (C=O) groups excluding carboxylic acids is 4. The van der Waals surface area contributed by atoms with Crippen LogP contribution in [0.3, 0.4) is 0 Å². The Bertz CT molecular complexity index is 2010. The topological polar surface area (TPSA) is 253 Å². The molecule has 4 amide bonds. The van der Waals surface area contributed by atoms with Crippen LogP contribution in [0.2, 0.25) is 0 Å². The number of aromatic nitrogens is 4. The predicted molar refractivity (Wildman–Crippen MR) is 239 cm³/mol. The van der Waals surface area contributed by atoms with Gasteiger partial charge in [0.15, 0.2) is 0 Å². The molecule has 0 aliphatic heterocycles. The first-order valence-corrected chi connectivity index (χ1v) is 17.9. The molecule has 0 fully saturated rings. The number of amides is 4. The van der Waals surface area contributed by atoms with Crippen molar-refractivity contribution in [1.82, 2.24) is 19.9 Å². The van der Waals surface area contributed by atoms with Gasteiger partial charge in [-0.15, -0.1) is 0 Å². The maximum atomic E-state index is 12.4. The first-order chi connectivity index (χ1) is 29.1. The molecule has 0 unspecified atom stereocenters. The number of anilines is 4. The number of hydrogen-bond acceptors (Lipinski definition) is 12. The molecule has 0 spiro atoms. The summed E-state index contributed by atoms with van der Waals surface area (Å²) < 4.78 is 0. The van der Waals surface area contributed by atoms with Crippen LogP contribution in [0.5, 0.6) is 0 Å². The second kappa shape index (κ2) is 31.9. The smallest absolute Gasteiger partial charge is 0.753 e. The molecule has 16 nitrogen and oxygen atoms in total. The van der Waals surface area contributed by atoms with Crippen molar-refractivity contribution in [3.8, 4) is 0 Å². The van der Waals surface area contributed by atoms with E-state index in [0.29, 0.717) is 45.0 Å². The first-order valence-electron chi connectivity index (χ1n) is 17.1. The average molecular weight is 901 g/mol. The van der Waals surface area contributed by atoms with Gasteiger partial charge < -0.3 is 42.3 Å². The Morgan fingerprint density at radius 2 is 0.607 bits per heavy atom. The summed E-state index contributed by atoms with van der Waals surface area (Å²) >= 11 is 7.40. The Balaban J connectivity index is 0.000000962. The van der Waals surface area contributed by atoms with Crippen molar-refractivity contribution < 1.29 is 46.5 Å². The van der Waals surface area contributed by atoms with Crippen LogP contribution >= 0.6 is 24.4 Å². The number of rotatable bonds is 8. The molecule has 0 aliphatic rings. The van der Waals surface area contributed by atoms with Crippen LogP contribution in [0.25, 0.3) is 10.8 Å². The summed E-state index contributed by atoms with van der Waals surface area (Å²) in [5, 5.41) is 42.1. The van der Waals surface area contributed by atoms with Gasteiger partial charge in [-0.25, -0.2) is 0 Å². The Hall–Kier alpha value is -7.04. The molecule has 4 aromatic heterocycles. The van der Waals surface area contributed by atoms with Gasteiger partial charge in [-0.3, -0.25) is 39.1 Å². The van der Waals surface area contributed by atoms with E-state index in [2.05, 4.69) is 65.6 Å². The van der Waals surface area contributed by atoms with Gasteiger partial charge in [0.1, 0.15) is 0 Å². The van der Waals surface area contributed by atoms with Gasteiger partial charge in [0.25, 0.3) is 23.6 Å². The van der Waals surface area contributed by atoms with Gasteiger partial charge in [-0.2, -0.15) is 10.3 Å². The molecule has 0 radical (unpaired) electrons. The van der Waals surface area contributed by atoms with Crippen molar-refractivity contribution in [3.63, 3.8) is 0 Å². The normalized spacial score (nSPS) is 8.75. The van der Waals surface area contributed by atoms with Gasteiger partial charge in [0.2, 0.25) is 0 Å². The molecule has 0 bridgehead atoms. The van der Waals surface area contributed by atoms with Crippen LogP contribution in [0.1, 0.15) is 52.6 Å². The van der Waals surface area contributed by atoms with Crippen LogP contribution in [0.15, 0.2) is 135 Å². The maximum Gasteiger partial charge on any atom is 2.00 e. The number of aryl methyl sites for hydroxylation is 2. The van der Waals surface area contributed by atoms with Crippen molar-refractivity contribution in [2.45, 2.75) is 13.8 Å². The number of thiocarbonyl (C=S) groups is 2. The third kappa shape index (κ3) is 21.0. The second-order valence-electron chi connectivity index (χ2n) is 11.1. The van der Waals surface area contributed by atoms with E-state index in [1.54, 1.807) is 135 Å². The Labute approximate surface area is 373 Å². The summed E-state index contributed by atoms with van der Waals surface area (Å²) in [6.07, 6.45) is 12.8. The van der Waals surface area contributed by atoms with E-state index in [1.807, 2.05) is 13.8 Å². The molecule has 6 rings (SSSR count). The third-order valence-corrected chi connectivity index (χ3v) is 6.96. The van der Waals surface area contributed by atoms with E-state index in [0.717, 1.165) is 25.3 Å². The molecule has 19 heteroatoms. The Morgan fingerprint density at radius 3 is 0.770 bits per heavy atom. The van der Waals surface area contributed by atoms with Gasteiger partial charge in [0.05, 0.1) is 0 Å². The van der Waals surface area contributed by atoms with Crippen LogP contribution in [-0.4, -0.2) is 78.3 Å². The molecule has 4 heterocycles. The number of hydrogen-bond donors (Lipinski definition) is 6. The van der Waals surface area contributed by atoms with Crippen molar-refractivity contribution >= 4 is 81.1 Å². The van der Waals surface area contributed by atoms with E-state index in [1.165, 1.54) is 10.3 Å². The fourth-order valence-electron chi connectivity index (χ4n) is 4.64. The number of nitrogens with zero attached hydrogens (tertiary/aromatic N) is 6. The zero-order valence-electron chi connectivity index (χ0n) is 33.1. The summed E-state index contributed by atoms with van der Waals surface area (Å²) in [4.78, 5) is 65.3. The SMILES string of the molecule is CO.CO.Cc1cc(C(=O)Nc2ccncc2)cc(C(=O)Nc2ccncc2)c1.Cc1cc(C(=O)Nc2ccncc2)cc(C(=O)Nc2ccncc2)c1.[Fe+2].[N-]=C=S.[N-]=C=S. The van der Waals surface area contributed by atoms with Crippen LogP contribution < -0.4 is 21.3 Å². The maximum absolute atomic E-state index is 12.4. The molecular weight excluding hydrogens is 861 g/mol. The van der Waals surface area contributed by atoms with E-state index < -0.39 is 0 Å². The minimum absolute atomic E-state index is 0. The fraction of sp³-hybridized carbons (Fsp3) is 0.0952. The van der Waals surface area contributed by atoms with E-state index in [9.17, 15) is 19.2 Å². The number of pyridine rings is 4. The summed E-state index contributed by atoms with van der Waals surface area (Å²) in [6, 6.07) is 23.7. The number of nitrogens with one attached hydrogen (secondary N) is 4. The molecule has 0 saturated carbocycles. The summed E-state index contributed by atoms with van der Waals surface area (Å²) in [7, 11) is 2.00. The van der Waals surface area contributed by atoms with E-state index >= 15 is 0 Å². The van der Waals surface area contributed by atoms with Crippen molar-refractivity contribution in [2.24, 2.45) is 0 Å². The predicted octanol–water partition coefficient (Wildman–Crippen LogP) is 7.11. The molecular formula is C42H40FeN10O6S2. The third-order valence-electron chi connectivity index (χ3n) is 6.96. The van der Waals surface area contributed by atoms with E-state index in [4.69, 9.17) is 21.0 Å². The van der Waals surface area contributed by atoms with Crippen LogP contribution in [0, 0.1) is 13.8 Å². The first kappa shape index (κ1) is 54.0. The van der Waals surface area contributed by atoms with Crippen molar-refractivity contribution in [1.29, 1.82) is 0 Å².